The summed E-state index contributed by atoms with van der Waals surface area (Å²) < 4.78 is 34.5. The summed E-state index contributed by atoms with van der Waals surface area (Å²) in [7, 11) is 0. The number of anilines is 1. The Hall–Kier alpha value is -2.61. The van der Waals surface area contributed by atoms with Gasteiger partial charge in [0.05, 0.1) is 25.3 Å². The van der Waals surface area contributed by atoms with Gasteiger partial charge in [0.1, 0.15) is 24.1 Å². The van der Waals surface area contributed by atoms with Crippen molar-refractivity contribution in [1.82, 2.24) is 0 Å². The maximum Gasteiger partial charge on any atom is 0.415 e. The molecular formula is C28H29ClF2N2O2S. The summed E-state index contributed by atoms with van der Waals surface area (Å²) >= 11 is 1.85. The number of ether oxygens (including phenoxy) is 1. The van der Waals surface area contributed by atoms with Crippen LogP contribution in [0.2, 0.25) is 0 Å². The third kappa shape index (κ3) is 6.20. The molecule has 4 nitrogen and oxygen atoms in total. The molecule has 3 aromatic rings. The molecule has 0 N–H and O–H groups in total. The SMILES string of the molecule is O=C(O[C@H]1C[N+]2(CSc3ccccc3)CCC1CC2)N(Cc1ccc(F)cc1)c1cccc(F)c1.[Cl-]. The molecule has 3 aliphatic heterocycles. The van der Waals surface area contributed by atoms with E-state index >= 15 is 0 Å². The van der Waals surface area contributed by atoms with Gasteiger partial charge in [-0.15, -0.1) is 0 Å². The molecule has 8 heteroatoms. The first-order chi connectivity index (χ1) is 17.0. The van der Waals surface area contributed by atoms with E-state index in [0.29, 0.717) is 11.6 Å². The number of piperidine rings is 3. The lowest BCUT2D eigenvalue weighted by molar-refractivity contribution is -0.934. The van der Waals surface area contributed by atoms with Crippen LogP contribution in [0.3, 0.4) is 0 Å². The molecule has 6 rings (SSSR count). The quantitative estimate of drug-likeness (QED) is 0.346. The van der Waals surface area contributed by atoms with Crippen molar-refractivity contribution in [1.29, 1.82) is 0 Å². The van der Waals surface area contributed by atoms with Crippen molar-refractivity contribution in [2.24, 2.45) is 5.92 Å². The Bertz CT molecular complexity index is 1160. The second kappa shape index (κ2) is 11.6. The van der Waals surface area contributed by atoms with Crippen molar-refractivity contribution in [2.45, 2.75) is 30.4 Å². The van der Waals surface area contributed by atoms with Crippen LogP contribution in [0.1, 0.15) is 18.4 Å². The lowest BCUT2D eigenvalue weighted by atomic mass is 9.84. The number of thioether (sulfide) groups is 1. The van der Waals surface area contributed by atoms with Crippen LogP contribution in [-0.4, -0.2) is 42.2 Å². The maximum absolute atomic E-state index is 14.0. The Kier molecular flexibility index (Phi) is 8.54. The smallest absolute Gasteiger partial charge is 0.415 e. The molecule has 3 aromatic carbocycles. The number of carbonyl (C=O) groups excluding carboxylic acids is 1. The number of rotatable bonds is 7. The number of nitrogens with zero attached hydrogens (tertiary/aromatic N) is 2. The van der Waals surface area contributed by atoms with Crippen LogP contribution >= 0.6 is 11.8 Å². The number of hydrogen-bond acceptors (Lipinski definition) is 3. The monoisotopic (exact) mass is 530 g/mol. The van der Waals surface area contributed by atoms with E-state index in [1.54, 1.807) is 24.3 Å². The van der Waals surface area contributed by atoms with Gasteiger partial charge in [0.15, 0.2) is 6.10 Å². The van der Waals surface area contributed by atoms with Crippen molar-refractivity contribution in [3.63, 3.8) is 0 Å². The van der Waals surface area contributed by atoms with Gasteiger partial charge >= 0.3 is 6.09 Å². The number of halogens is 3. The topological polar surface area (TPSA) is 29.5 Å². The molecule has 1 amide bonds. The maximum atomic E-state index is 14.0. The van der Waals surface area contributed by atoms with Crippen LogP contribution in [0.25, 0.3) is 0 Å². The van der Waals surface area contributed by atoms with E-state index in [2.05, 4.69) is 24.3 Å². The van der Waals surface area contributed by atoms with Gasteiger partial charge in [-0.2, -0.15) is 0 Å². The second-order valence-electron chi connectivity index (χ2n) is 9.51. The molecule has 3 aliphatic rings. The number of fused-ring (bicyclic) bond motifs is 3. The van der Waals surface area contributed by atoms with Gasteiger partial charge in [-0.05, 0) is 48.0 Å². The van der Waals surface area contributed by atoms with Gasteiger partial charge in [-0.1, -0.05) is 48.2 Å². The summed E-state index contributed by atoms with van der Waals surface area (Å²) in [6, 6.07) is 22.3. The molecule has 0 aromatic heterocycles. The van der Waals surface area contributed by atoms with E-state index in [9.17, 15) is 13.6 Å². The molecule has 190 valence electrons. The van der Waals surface area contributed by atoms with E-state index in [4.69, 9.17) is 4.74 Å². The molecule has 1 atom stereocenters. The molecule has 36 heavy (non-hydrogen) atoms. The van der Waals surface area contributed by atoms with E-state index in [0.717, 1.165) is 48.4 Å². The van der Waals surface area contributed by atoms with Gasteiger partial charge in [-0.3, -0.25) is 4.90 Å². The minimum absolute atomic E-state index is 0. The fourth-order valence-corrected chi connectivity index (χ4v) is 6.27. The summed E-state index contributed by atoms with van der Waals surface area (Å²) in [5.74, 6) is 0.530. The third-order valence-corrected chi connectivity index (χ3v) is 8.42. The highest BCUT2D eigenvalue weighted by molar-refractivity contribution is 7.99. The van der Waals surface area contributed by atoms with E-state index in [1.807, 2.05) is 17.8 Å². The molecule has 3 saturated heterocycles. The summed E-state index contributed by atoms with van der Waals surface area (Å²) in [6.45, 7) is 3.16. The molecule has 0 spiro atoms. The highest BCUT2D eigenvalue weighted by atomic mass is 35.5. The Morgan fingerprint density at radius 3 is 2.36 bits per heavy atom. The number of hydrogen-bond donors (Lipinski definition) is 0. The molecule has 0 radical (unpaired) electrons. The van der Waals surface area contributed by atoms with Crippen molar-refractivity contribution in [2.75, 3.05) is 30.4 Å². The van der Waals surface area contributed by atoms with Crippen LogP contribution in [0.5, 0.6) is 0 Å². The summed E-state index contributed by atoms with van der Waals surface area (Å²) in [5, 5.41) is 0. The minimum Gasteiger partial charge on any atom is -1.00 e. The van der Waals surface area contributed by atoms with Gasteiger partial charge in [-0.25, -0.2) is 13.6 Å². The normalized spacial score (nSPS) is 22.5. The van der Waals surface area contributed by atoms with Crippen LogP contribution < -0.4 is 17.3 Å². The largest absolute Gasteiger partial charge is 1.00 e. The first-order valence-electron chi connectivity index (χ1n) is 12.0. The zero-order valence-corrected chi connectivity index (χ0v) is 21.4. The molecule has 0 unspecified atom stereocenters. The van der Waals surface area contributed by atoms with Crippen LogP contribution in [0, 0.1) is 17.6 Å². The van der Waals surface area contributed by atoms with Gasteiger partial charge in [0.2, 0.25) is 0 Å². The van der Waals surface area contributed by atoms with Gasteiger partial charge < -0.3 is 21.6 Å². The average molecular weight is 531 g/mol. The number of benzene rings is 3. The lowest BCUT2D eigenvalue weighted by Gasteiger charge is -2.51. The predicted molar refractivity (Wildman–Crippen MR) is 134 cm³/mol. The van der Waals surface area contributed by atoms with Crippen LogP contribution in [-0.2, 0) is 11.3 Å². The zero-order valence-electron chi connectivity index (χ0n) is 19.9. The minimum atomic E-state index is -0.493. The second-order valence-corrected chi connectivity index (χ2v) is 10.5. The summed E-state index contributed by atoms with van der Waals surface area (Å²) in [6.07, 6.45) is 1.40. The van der Waals surface area contributed by atoms with Gasteiger partial charge in [0.25, 0.3) is 0 Å². The first-order valence-corrected chi connectivity index (χ1v) is 13.0. The molecule has 3 heterocycles. The predicted octanol–water partition coefficient (Wildman–Crippen LogP) is 3.47. The van der Waals surface area contributed by atoms with Crippen molar-refractivity contribution < 1.29 is 35.2 Å². The van der Waals surface area contributed by atoms with E-state index in [1.165, 1.54) is 34.1 Å². The Balaban J connectivity index is 0.00000304. The van der Waals surface area contributed by atoms with Crippen molar-refractivity contribution in [3.05, 3.63) is 96.1 Å². The van der Waals surface area contributed by atoms with Crippen LogP contribution in [0.15, 0.2) is 83.8 Å². The standard InChI is InChI=1S/C28H29F2N2O2S.ClH/c29-23-11-9-21(10-12-23)18-31(25-6-4-5-24(30)17-25)28(33)34-27-19-32(15-13-22(27)14-16-32)20-35-26-7-2-1-3-8-26;/h1-12,17,22,27H,13-16,18-20H2;1H/q+1;/p-1/t22?,27-,32?;/m0./s1. The molecular weight excluding hydrogens is 502 g/mol. The fraction of sp³-hybridized carbons (Fsp3) is 0.321. The summed E-state index contributed by atoms with van der Waals surface area (Å²) in [5.41, 5.74) is 1.16. The lowest BCUT2D eigenvalue weighted by Crippen LogP contribution is -3.00. The van der Waals surface area contributed by atoms with Crippen molar-refractivity contribution in [3.8, 4) is 0 Å². The summed E-state index contributed by atoms with van der Waals surface area (Å²) in [4.78, 5) is 16.1. The Morgan fingerprint density at radius 1 is 0.944 bits per heavy atom. The third-order valence-electron chi connectivity index (χ3n) is 7.14. The van der Waals surface area contributed by atoms with Crippen molar-refractivity contribution >= 4 is 23.5 Å². The first kappa shape index (κ1) is 26.5. The number of carbonyl (C=O) groups is 1. The van der Waals surface area contributed by atoms with Gasteiger partial charge in [0, 0.05) is 23.7 Å². The van der Waals surface area contributed by atoms with Crippen LogP contribution in [0.4, 0.5) is 19.3 Å². The Labute approximate surface area is 221 Å². The molecule has 0 saturated carbocycles. The van der Waals surface area contributed by atoms with E-state index in [-0.39, 0.29) is 30.9 Å². The highest BCUT2D eigenvalue weighted by Gasteiger charge is 2.48. The average Bonchev–Trinajstić information content (AvgIpc) is 2.88. The molecule has 0 aliphatic carbocycles. The Morgan fingerprint density at radius 2 is 1.67 bits per heavy atom. The number of quaternary nitrogens is 1. The zero-order chi connectivity index (χ0) is 24.3. The number of amides is 1. The highest BCUT2D eigenvalue weighted by Crippen LogP contribution is 2.38. The molecule has 3 fully saturated rings. The molecule has 2 bridgehead atoms. The fourth-order valence-electron chi connectivity index (χ4n) is 5.13. The van der Waals surface area contributed by atoms with E-state index < -0.39 is 11.9 Å².